The first-order valence-electron chi connectivity index (χ1n) is 14.0. The number of fused-ring (bicyclic) bond motifs is 2. The summed E-state index contributed by atoms with van der Waals surface area (Å²) in [6.07, 6.45) is 15.6. The summed E-state index contributed by atoms with van der Waals surface area (Å²) in [5, 5.41) is 22.0. The molecule has 0 heterocycles. The first kappa shape index (κ1) is 25.5. The van der Waals surface area contributed by atoms with Crippen LogP contribution in [-0.2, 0) is 0 Å². The van der Waals surface area contributed by atoms with Crippen molar-refractivity contribution >= 4 is 0 Å². The van der Waals surface area contributed by atoms with Crippen molar-refractivity contribution in [1.29, 1.82) is 0 Å². The zero-order valence-electron chi connectivity index (χ0n) is 21.7. The molecule has 0 aromatic heterocycles. The summed E-state index contributed by atoms with van der Waals surface area (Å²) in [7, 11) is 0. The number of hydrogen-bond acceptors (Lipinski definition) is 2. The fraction of sp³-hybridized carbons (Fsp3) is 1.00. The summed E-state index contributed by atoms with van der Waals surface area (Å²) in [5.74, 6) is 4.91. The number of aliphatic hydroxyl groups excluding tert-OH is 1. The minimum absolute atomic E-state index is 0.136. The molecular weight excluding hydrogens is 380 g/mol. The van der Waals surface area contributed by atoms with Gasteiger partial charge in [-0.05, 0) is 111 Å². The molecule has 0 aromatic carbocycles. The van der Waals surface area contributed by atoms with Gasteiger partial charge < -0.3 is 10.2 Å². The highest BCUT2D eigenvalue weighted by Gasteiger charge is 2.51. The molecule has 3 saturated carbocycles. The summed E-state index contributed by atoms with van der Waals surface area (Å²) in [6, 6.07) is 0. The second kappa shape index (κ2) is 10.5. The van der Waals surface area contributed by atoms with E-state index in [4.69, 9.17) is 0 Å². The van der Waals surface area contributed by atoms with Gasteiger partial charge in [-0.25, -0.2) is 0 Å². The Kier molecular flexibility index (Phi) is 8.62. The van der Waals surface area contributed by atoms with Gasteiger partial charge in [0.05, 0.1) is 11.7 Å². The Labute approximate surface area is 194 Å². The van der Waals surface area contributed by atoms with E-state index in [2.05, 4.69) is 41.5 Å². The van der Waals surface area contributed by atoms with E-state index in [-0.39, 0.29) is 11.7 Å². The Morgan fingerprint density at radius 1 is 0.903 bits per heavy atom. The first-order valence-corrected chi connectivity index (χ1v) is 14.0. The first-order chi connectivity index (χ1) is 14.6. The second-order valence-corrected chi connectivity index (χ2v) is 13.0. The van der Waals surface area contributed by atoms with Crippen molar-refractivity contribution < 1.29 is 10.2 Å². The summed E-state index contributed by atoms with van der Waals surface area (Å²) < 4.78 is 0. The van der Waals surface area contributed by atoms with Crippen molar-refractivity contribution in [1.82, 2.24) is 0 Å². The van der Waals surface area contributed by atoms with Crippen LogP contribution in [0.3, 0.4) is 0 Å². The minimum atomic E-state index is -0.386. The number of rotatable bonds is 6. The predicted molar refractivity (Wildman–Crippen MR) is 132 cm³/mol. The molecule has 0 aliphatic heterocycles. The quantitative estimate of drug-likeness (QED) is 0.451. The molecule has 31 heavy (non-hydrogen) atoms. The molecule has 0 aromatic rings. The Morgan fingerprint density at radius 2 is 1.65 bits per heavy atom. The van der Waals surface area contributed by atoms with Crippen LogP contribution in [0, 0.1) is 46.8 Å². The van der Waals surface area contributed by atoms with Gasteiger partial charge in [-0.15, -0.1) is 0 Å². The van der Waals surface area contributed by atoms with Crippen LogP contribution in [0.25, 0.3) is 0 Å². The van der Waals surface area contributed by atoms with E-state index < -0.39 is 0 Å². The zero-order chi connectivity index (χ0) is 22.8. The number of hydrogen-bond donors (Lipinski definition) is 2. The second-order valence-electron chi connectivity index (χ2n) is 13.0. The average Bonchev–Trinajstić information content (AvgIpc) is 3.07. The third-order valence-electron chi connectivity index (χ3n) is 10.7. The van der Waals surface area contributed by atoms with Gasteiger partial charge in [-0.3, -0.25) is 0 Å². The Bertz CT molecular complexity index is 559. The standard InChI is InChI=1S/C29H54O2/c1-7-29(31)18-16-23-9-8-17-28(6)25(21(4)11-12-24(23)19-29)13-14-26(28)22(5)27(30)15-10-20(2)3/h20-27,30-31H,7-19H2,1-6H3/t21-,22-,23-,24-,25-,26+,27+,28-,29-/m0/s1. The molecule has 182 valence electrons. The van der Waals surface area contributed by atoms with Gasteiger partial charge in [-0.2, -0.15) is 0 Å². The molecule has 2 N–H and O–H groups in total. The summed E-state index contributed by atoms with van der Waals surface area (Å²) in [5.41, 5.74) is 0.00630. The summed E-state index contributed by atoms with van der Waals surface area (Å²) in [4.78, 5) is 0. The number of aliphatic hydroxyl groups is 2. The van der Waals surface area contributed by atoms with Crippen molar-refractivity contribution in [2.24, 2.45) is 46.8 Å². The lowest BCUT2D eigenvalue weighted by atomic mass is 9.59. The van der Waals surface area contributed by atoms with Crippen LogP contribution in [-0.4, -0.2) is 21.9 Å². The third-order valence-corrected chi connectivity index (χ3v) is 10.7. The molecule has 9 atom stereocenters. The maximum atomic E-state index is 11.0. The fourth-order valence-electron chi connectivity index (χ4n) is 8.41. The maximum Gasteiger partial charge on any atom is 0.0648 e. The summed E-state index contributed by atoms with van der Waals surface area (Å²) >= 11 is 0. The van der Waals surface area contributed by atoms with Crippen LogP contribution >= 0.6 is 0 Å². The molecule has 3 fully saturated rings. The highest BCUT2D eigenvalue weighted by Crippen LogP contribution is 2.58. The topological polar surface area (TPSA) is 40.5 Å². The van der Waals surface area contributed by atoms with Crippen molar-refractivity contribution in [3.05, 3.63) is 0 Å². The Hall–Kier alpha value is -0.0800. The normalized spacial score (nSPS) is 43.8. The van der Waals surface area contributed by atoms with E-state index >= 15 is 0 Å². The summed E-state index contributed by atoms with van der Waals surface area (Å²) in [6.45, 7) is 14.2. The van der Waals surface area contributed by atoms with Crippen LogP contribution < -0.4 is 0 Å². The predicted octanol–water partition coefficient (Wildman–Crippen LogP) is 7.61. The molecule has 2 nitrogen and oxygen atoms in total. The molecule has 0 spiro atoms. The van der Waals surface area contributed by atoms with E-state index in [9.17, 15) is 10.2 Å². The highest BCUT2D eigenvalue weighted by molar-refractivity contribution is 5.01. The van der Waals surface area contributed by atoms with Gasteiger partial charge in [0.1, 0.15) is 0 Å². The average molecular weight is 435 g/mol. The van der Waals surface area contributed by atoms with Gasteiger partial charge in [0.2, 0.25) is 0 Å². The molecular formula is C29H54O2. The smallest absolute Gasteiger partial charge is 0.0648 e. The van der Waals surface area contributed by atoms with Crippen LogP contribution in [0.5, 0.6) is 0 Å². The monoisotopic (exact) mass is 434 g/mol. The molecule has 3 aliphatic rings. The lowest BCUT2D eigenvalue weighted by Crippen LogP contribution is -2.41. The molecule has 0 bridgehead atoms. The molecule has 2 heteroatoms. The van der Waals surface area contributed by atoms with E-state index in [1.54, 1.807) is 0 Å². The van der Waals surface area contributed by atoms with Gasteiger partial charge in [0.25, 0.3) is 0 Å². The van der Waals surface area contributed by atoms with Crippen LogP contribution in [0.1, 0.15) is 125 Å². The van der Waals surface area contributed by atoms with Crippen LogP contribution in [0.4, 0.5) is 0 Å². The van der Waals surface area contributed by atoms with E-state index in [0.717, 1.165) is 55.8 Å². The zero-order valence-corrected chi connectivity index (χ0v) is 21.7. The third kappa shape index (κ3) is 5.71. The van der Waals surface area contributed by atoms with Gasteiger partial charge in [-0.1, -0.05) is 60.8 Å². The van der Waals surface area contributed by atoms with Crippen LogP contribution in [0.2, 0.25) is 0 Å². The maximum absolute atomic E-state index is 11.0. The van der Waals surface area contributed by atoms with Gasteiger partial charge in [0.15, 0.2) is 0 Å². The molecule has 0 saturated heterocycles. The lowest BCUT2D eigenvalue weighted by molar-refractivity contribution is -0.0486. The van der Waals surface area contributed by atoms with E-state index in [1.165, 1.54) is 51.4 Å². The van der Waals surface area contributed by atoms with Crippen molar-refractivity contribution in [2.75, 3.05) is 0 Å². The Morgan fingerprint density at radius 3 is 2.32 bits per heavy atom. The van der Waals surface area contributed by atoms with E-state index in [0.29, 0.717) is 23.2 Å². The van der Waals surface area contributed by atoms with Crippen molar-refractivity contribution in [3.8, 4) is 0 Å². The van der Waals surface area contributed by atoms with Crippen molar-refractivity contribution in [3.63, 3.8) is 0 Å². The van der Waals surface area contributed by atoms with E-state index in [1.807, 2.05) is 0 Å². The molecule has 0 unspecified atom stereocenters. The lowest BCUT2D eigenvalue weighted by Gasteiger charge is -2.47. The highest BCUT2D eigenvalue weighted by atomic mass is 16.3. The molecule has 0 radical (unpaired) electrons. The van der Waals surface area contributed by atoms with Gasteiger partial charge >= 0.3 is 0 Å². The molecule has 3 rings (SSSR count). The SMILES string of the molecule is CC[C@]1(O)CC[C@@H]2CCC[C@]3(C)[C@@H]([C@H](C)[C@H](O)CCC(C)C)CC[C@H]3[C@@H](C)CC[C@H]2C1. The van der Waals surface area contributed by atoms with Crippen molar-refractivity contribution in [2.45, 2.75) is 137 Å². The van der Waals surface area contributed by atoms with Crippen LogP contribution in [0.15, 0.2) is 0 Å². The largest absolute Gasteiger partial charge is 0.393 e. The van der Waals surface area contributed by atoms with Gasteiger partial charge in [0, 0.05) is 0 Å². The fourth-order valence-corrected chi connectivity index (χ4v) is 8.41. The Balaban J connectivity index is 1.70. The minimum Gasteiger partial charge on any atom is -0.393 e. The molecule has 3 aliphatic carbocycles. The molecule has 0 amide bonds.